The van der Waals surface area contributed by atoms with Gasteiger partial charge < -0.3 is 10.7 Å². The van der Waals surface area contributed by atoms with Gasteiger partial charge in [-0.3, -0.25) is 0 Å². The minimum atomic E-state index is -0.170. The highest BCUT2D eigenvalue weighted by molar-refractivity contribution is 5.74. The van der Waals surface area contributed by atoms with Gasteiger partial charge in [0, 0.05) is 29.6 Å². The maximum atomic E-state index is 4.67. The van der Waals surface area contributed by atoms with E-state index in [2.05, 4.69) is 97.6 Å². The van der Waals surface area contributed by atoms with E-state index in [9.17, 15) is 0 Å². The zero-order chi connectivity index (χ0) is 23.1. The van der Waals surface area contributed by atoms with Crippen LogP contribution in [0.1, 0.15) is 64.5 Å². The van der Waals surface area contributed by atoms with Gasteiger partial charge in [-0.2, -0.15) is 5.10 Å². The van der Waals surface area contributed by atoms with Crippen molar-refractivity contribution in [2.24, 2.45) is 16.0 Å². The fourth-order valence-electron chi connectivity index (χ4n) is 4.34. The van der Waals surface area contributed by atoms with Crippen molar-refractivity contribution in [3.63, 3.8) is 0 Å². The Morgan fingerprint density at radius 3 is 2.41 bits per heavy atom. The molecule has 0 amide bonds. The molecule has 0 fully saturated rings. The lowest BCUT2D eigenvalue weighted by atomic mass is 9.85. The van der Waals surface area contributed by atoms with Crippen LogP contribution in [0.3, 0.4) is 0 Å². The summed E-state index contributed by atoms with van der Waals surface area (Å²) < 4.78 is 0. The number of fused-ring (bicyclic) bond motifs is 1. The van der Waals surface area contributed by atoms with Gasteiger partial charge in [0.15, 0.2) is 0 Å². The average molecular weight is 431 g/mol. The molecule has 1 aliphatic rings. The van der Waals surface area contributed by atoms with Crippen LogP contribution in [0.2, 0.25) is 0 Å². The maximum Gasteiger partial charge on any atom is 0.0959 e. The second-order valence-electron chi connectivity index (χ2n) is 9.34. The lowest BCUT2D eigenvalue weighted by Gasteiger charge is -2.22. The maximum absolute atomic E-state index is 4.67. The van der Waals surface area contributed by atoms with Crippen LogP contribution in [0.25, 0.3) is 5.70 Å². The molecule has 1 aliphatic heterocycles. The van der Waals surface area contributed by atoms with Gasteiger partial charge in [0.05, 0.1) is 16.8 Å². The van der Waals surface area contributed by atoms with Crippen LogP contribution in [-0.2, 0) is 11.8 Å². The second-order valence-corrected chi connectivity index (χ2v) is 9.34. The van der Waals surface area contributed by atoms with Crippen LogP contribution >= 0.6 is 0 Å². The van der Waals surface area contributed by atoms with Gasteiger partial charge in [0.1, 0.15) is 0 Å². The monoisotopic (exact) mass is 430 g/mol. The zero-order valence-electron chi connectivity index (χ0n) is 20.3. The summed E-state index contributed by atoms with van der Waals surface area (Å²) in [5.41, 5.74) is 8.09. The van der Waals surface area contributed by atoms with Crippen LogP contribution in [0.4, 0.5) is 5.69 Å². The summed E-state index contributed by atoms with van der Waals surface area (Å²) in [6, 6.07) is 15.2. The van der Waals surface area contributed by atoms with Crippen molar-refractivity contribution >= 4 is 17.6 Å². The van der Waals surface area contributed by atoms with Crippen LogP contribution < -0.4 is 21.3 Å². The smallest absolute Gasteiger partial charge is 0.0959 e. The molecule has 32 heavy (non-hydrogen) atoms. The lowest BCUT2D eigenvalue weighted by molar-refractivity contribution is 0.438. The minimum absolute atomic E-state index is 0.170. The second kappa shape index (κ2) is 10.6. The first-order chi connectivity index (χ1) is 15.4. The predicted molar refractivity (Wildman–Crippen MR) is 137 cm³/mol. The highest BCUT2D eigenvalue weighted by Gasteiger charge is 2.21. The first-order valence-electron chi connectivity index (χ1n) is 11.9. The molecule has 0 spiro atoms. The van der Waals surface area contributed by atoms with Gasteiger partial charge in [0.2, 0.25) is 0 Å². The molecule has 0 unspecified atom stereocenters. The summed E-state index contributed by atoms with van der Waals surface area (Å²) in [6.07, 6.45) is 8.24. The fraction of sp³-hybridized carbons (Fsp3) is 0.429. The summed E-state index contributed by atoms with van der Waals surface area (Å²) in [6.45, 7) is 13.1. The topological polar surface area (TPSA) is 48.8 Å². The largest absolute Gasteiger partial charge is 0.354 e. The van der Waals surface area contributed by atoms with E-state index in [0.29, 0.717) is 0 Å². The SMILES string of the molecule is C=C(Nc1ccc(CC(CCC)CCC)cc1)C1=c2cc(C(C)(C)/C=N\NC)ccc2=N1. The minimum Gasteiger partial charge on any atom is -0.354 e. The molecule has 170 valence electrons. The van der Waals surface area contributed by atoms with Crippen molar-refractivity contribution in [3.05, 3.63) is 76.4 Å². The quantitative estimate of drug-likeness (QED) is 0.355. The molecule has 0 atom stereocenters. The molecule has 4 nitrogen and oxygen atoms in total. The fourth-order valence-corrected chi connectivity index (χ4v) is 4.34. The number of rotatable bonds is 12. The molecule has 4 heteroatoms. The summed E-state index contributed by atoms with van der Waals surface area (Å²) in [5.74, 6) is 0.788. The summed E-state index contributed by atoms with van der Waals surface area (Å²) in [5, 5.41) is 9.81. The van der Waals surface area contributed by atoms with E-state index >= 15 is 0 Å². The van der Waals surface area contributed by atoms with E-state index < -0.39 is 0 Å². The van der Waals surface area contributed by atoms with Crippen molar-refractivity contribution in [2.75, 3.05) is 12.4 Å². The third-order valence-electron chi connectivity index (χ3n) is 6.20. The highest BCUT2D eigenvalue weighted by Crippen LogP contribution is 2.23. The zero-order valence-corrected chi connectivity index (χ0v) is 20.3. The normalized spacial score (nSPS) is 13.0. The molecule has 0 saturated heterocycles. The van der Waals surface area contributed by atoms with E-state index in [1.165, 1.54) is 43.2 Å². The number of hydrogen-bond donors (Lipinski definition) is 2. The third-order valence-corrected chi connectivity index (χ3v) is 6.20. The summed E-state index contributed by atoms with van der Waals surface area (Å²) >= 11 is 0. The number of benzene rings is 2. The first-order valence-corrected chi connectivity index (χ1v) is 11.9. The van der Waals surface area contributed by atoms with Crippen molar-refractivity contribution in [1.82, 2.24) is 5.43 Å². The predicted octanol–water partition coefficient (Wildman–Crippen LogP) is 5.30. The van der Waals surface area contributed by atoms with Crippen molar-refractivity contribution < 1.29 is 0 Å². The van der Waals surface area contributed by atoms with Gasteiger partial charge in [-0.15, -0.1) is 0 Å². The lowest BCUT2D eigenvalue weighted by Crippen LogP contribution is -2.38. The van der Waals surface area contributed by atoms with Crippen LogP contribution in [0.15, 0.2) is 64.8 Å². The Morgan fingerprint density at radius 1 is 1.09 bits per heavy atom. The molecule has 2 aromatic rings. The Kier molecular flexibility index (Phi) is 7.89. The van der Waals surface area contributed by atoms with Gasteiger partial charge in [0.25, 0.3) is 0 Å². The molecular weight excluding hydrogens is 392 g/mol. The number of nitrogens with zero attached hydrogens (tertiary/aromatic N) is 2. The Balaban J connectivity index is 1.71. The number of hydrogen-bond acceptors (Lipinski definition) is 4. The molecule has 0 aliphatic carbocycles. The van der Waals surface area contributed by atoms with Gasteiger partial charge >= 0.3 is 0 Å². The molecule has 0 saturated carbocycles. The van der Waals surface area contributed by atoms with E-state index in [1.807, 2.05) is 13.3 Å². The van der Waals surface area contributed by atoms with Crippen LogP contribution in [-0.4, -0.2) is 13.3 Å². The van der Waals surface area contributed by atoms with Gasteiger partial charge in [-0.25, -0.2) is 4.99 Å². The Labute approximate surface area is 193 Å². The van der Waals surface area contributed by atoms with E-state index in [1.54, 1.807) is 0 Å². The summed E-state index contributed by atoms with van der Waals surface area (Å²) in [7, 11) is 1.81. The average Bonchev–Trinajstić information content (AvgIpc) is 2.75. The third kappa shape index (κ3) is 5.67. The molecule has 2 N–H and O–H groups in total. The van der Waals surface area contributed by atoms with Crippen molar-refractivity contribution in [2.45, 2.75) is 65.2 Å². The van der Waals surface area contributed by atoms with Crippen molar-refractivity contribution in [3.8, 4) is 0 Å². The molecule has 0 radical (unpaired) electrons. The molecular formula is C28H38N4. The Morgan fingerprint density at radius 2 is 1.78 bits per heavy atom. The van der Waals surface area contributed by atoms with Crippen LogP contribution in [0, 0.1) is 5.92 Å². The van der Waals surface area contributed by atoms with Crippen LogP contribution in [0.5, 0.6) is 0 Å². The highest BCUT2D eigenvalue weighted by atomic mass is 15.3. The van der Waals surface area contributed by atoms with E-state index in [0.717, 1.165) is 33.6 Å². The Bertz CT molecular complexity index is 1070. The van der Waals surface area contributed by atoms with Crippen molar-refractivity contribution in [1.29, 1.82) is 0 Å². The molecule has 2 aromatic carbocycles. The van der Waals surface area contributed by atoms with E-state index in [4.69, 9.17) is 0 Å². The number of anilines is 1. The Hall–Kier alpha value is -2.88. The molecule has 0 bridgehead atoms. The van der Waals surface area contributed by atoms with Gasteiger partial charge in [-0.05, 0) is 47.7 Å². The number of nitrogens with one attached hydrogen (secondary N) is 2. The standard InChI is InChI=1S/C28H38N4/c1-7-9-21(10-8-2)17-22-11-14-24(15-12-22)31-20(3)27-25-18-23(13-16-26(25)32-27)28(4,5)19-30-29-6/h11-16,18-19,21,29,31H,3,7-10,17H2,1-2,4-6H3/b30-19-. The van der Waals surface area contributed by atoms with E-state index in [-0.39, 0.29) is 5.41 Å². The molecule has 3 rings (SSSR count). The molecule has 1 heterocycles. The number of hydrazone groups is 1. The first kappa shape index (κ1) is 23.8. The summed E-state index contributed by atoms with van der Waals surface area (Å²) in [4.78, 5) is 4.67. The molecule has 0 aromatic heterocycles. The van der Waals surface area contributed by atoms with Gasteiger partial charge in [-0.1, -0.05) is 78.2 Å².